The number of benzene rings is 1. The first-order chi connectivity index (χ1) is 12.1. The molecule has 0 radical (unpaired) electrons. The average molecular weight is 347 g/mol. The lowest BCUT2D eigenvalue weighted by Crippen LogP contribution is -2.40. The van der Waals surface area contributed by atoms with Crippen molar-refractivity contribution in [1.82, 2.24) is 9.80 Å². The second kappa shape index (κ2) is 8.42. The zero-order chi connectivity index (χ0) is 17.6. The van der Waals surface area contributed by atoms with Gasteiger partial charge in [-0.15, -0.1) is 0 Å². The predicted octanol–water partition coefficient (Wildman–Crippen LogP) is 1.01. The predicted molar refractivity (Wildman–Crippen MR) is 93.4 cm³/mol. The Kier molecular flexibility index (Phi) is 6.01. The molecule has 136 valence electrons. The number of hydrogen-bond acceptors (Lipinski definition) is 5. The van der Waals surface area contributed by atoms with Crippen LogP contribution in [0.15, 0.2) is 24.3 Å². The Morgan fingerprint density at radius 1 is 1.16 bits per heavy atom. The van der Waals surface area contributed by atoms with Crippen molar-refractivity contribution in [3.63, 3.8) is 0 Å². The largest absolute Gasteiger partial charge is 0.480 e. The molecule has 0 aromatic heterocycles. The number of carbonyl (C=O) groups excluding carboxylic acids is 1. The molecule has 25 heavy (non-hydrogen) atoms. The Morgan fingerprint density at radius 3 is 2.56 bits per heavy atom. The molecule has 2 saturated heterocycles. The summed E-state index contributed by atoms with van der Waals surface area (Å²) in [5.41, 5.74) is 1.94. The van der Waals surface area contributed by atoms with Crippen LogP contribution in [0.2, 0.25) is 0 Å². The molecule has 3 rings (SSSR count). The third-order valence-corrected chi connectivity index (χ3v) is 4.74. The van der Waals surface area contributed by atoms with E-state index in [-0.39, 0.29) is 12.5 Å². The van der Waals surface area contributed by atoms with E-state index in [9.17, 15) is 9.59 Å². The lowest BCUT2D eigenvalue weighted by molar-refractivity contribution is -0.142. The number of morpholine rings is 1. The van der Waals surface area contributed by atoms with E-state index in [1.807, 2.05) is 24.3 Å². The van der Waals surface area contributed by atoms with Crippen molar-refractivity contribution in [3.8, 4) is 0 Å². The summed E-state index contributed by atoms with van der Waals surface area (Å²) < 4.78 is 5.35. The summed E-state index contributed by atoms with van der Waals surface area (Å²) in [7, 11) is 0. The molecule has 1 aromatic rings. The number of aliphatic carboxylic acids is 1. The average Bonchev–Trinajstić information content (AvgIpc) is 3.06. The third-order valence-electron chi connectivity index (χ3n) is 4.74. The van der Waals surface area contributed by atoms with Gasteiger partial charge in [0.2, 0.25) is 5.91 Å². The summed E-state index contributed by atoms with van der Waals surface area (Å²) >= 11 is 0. The molecule has 1 amide bonds. The quantitative estimate of drug-likeness (QED) is 0.799. The van der Waals surface area contributed by atoms with Gasteiger partial charge in [-0.1, -0.05) is 12.1 Å². The van der Waals surface area contributed by atoms with Gasteiger partial charge in [0.25, 0.3) is 0 Å². The third kappa shape index (κ3) is 5.01. The normalized spacial score (nSPS) is 22.0. The van der Waals surface area contributed by atoms with Crippen LogP contribution in [0, 0.1) is 0 Å². The first-order valence-electron chi connectivity index (χ1n) is 8.77. The van der Waals surface area contributed by atoms with Crippen molar-refractivity contribution in [2.45, 2.75) is 25.4 Å². The summed E-state index contributed by atoms with van der Waals surface area (Å²) in [5.74, 6) is -1.02. The fraction of sp³-hybridized carbons (Fsp3) is 0.556. The molecule has 7 nitrogen and oxygen atoms in total. The molecule has 1 unspecified atom stereocenters. The first-order valence-corrected chi connectivity index (χ1v) is 8.77. The summed E-state index contributed by atoms with van der Waals surface area (Å²) in [5, 5.41) is 12.0. The van der Waals surface area contributed by atoms with Crippen LogP contribution in [0.1, 0.15) is 18.4 Å². The number of ether oxygens (including phenoxy) is 1. The van der Waals surface area contributed by atoms with Gasteiger partial charge in [-0.05, 0) is 37.1 Å². The SMILES string of the molecule is O=C(CN1CCCC1C(=O)O)Nc1ccc(CN2CCOCC2)cc1. The fourth-order valence-corrected chi connectivity index (χ4v) is 3.39. The highest BCUT2D eigenvalue weighted by Crippen LogP contribution is 2.17. The van der Waals surface area contributed by atoms with Gasteiger partial charge >= 0.3 is 5.97 Å². The van der Waals surface area contributed by atoms with E-state index >= 15 is 0 Å². The van der Waals surface area contributed by atoms with Crippen LogP contribution in [-0.2, 0) is 20.9 Å². The number of carboxylic acid groups (broad SMARTS) is 1. The summed E-state index contributed by atoms with van der Waals surface area (Å²) in [6.07, 6.45) is 1.43. The molecule has 0 saturated carbocycles. The first kappa shape index (κ1) is 17.8. The van der Waals surface area contributed by atoms with Gasteiger partial charge in [0.1, 0.15) is 6.04 Å². The van der Waals surface area contributed by atoms with Gasteiger partial charge in [0, 0.05) is 25.3 Å². The van der Waals surface area contributed by atoms with E-state index in [0.29, 0.717) is 13.0 Å². The van der Waals surface area contributed by atoms with E-state index in [1.54, 1.807) is 4.90 Å². The van der Waals surface area contributed by atoms with Crippen molar-refractivity contribution in [3.05, 3.63) is 29.8 Å². The number of nitrogens with one attached hydrogen (secondary N) is 1. The number of carbonyl (C=O) groups is 2. The highest BCUT2D eigenvalue weighted by Gasteiger charge is 2.31. The Bertz CT molecular complexity index is 599. The maximum atomic E-state index is 12.2. The zero-order valence-corrected chi connectivity index (χ0v) is 14.3. The highest BCUT2D eigenvalue weighted by molar-refractivity contribution is 5.92. The van der Waals surface area contributed by atoms with E-state index < -0.39 is 12.0 Å². The molecule has 0 aliphatic carbocycles. The molecule has 2 aliphatic heterocycles. The molecule has 2 heterocycles. The van der Waals surface area contributed by atoms with Crippen LogP contribution >= 0.6 is 0 Å². The lowest BCUT2D eigenvalue weighted by atomic mass is 10.2. The number of anilines is 1. The number of likely N-dealkylation sites (tertiary alicyclic amines) is 1. The summed E-state index contributed by atoms with van der Waals surface area (Å²) in [6, 6.07) is 7.28. The highest BCUT2D eigenvalue weighted by atomic mass is 16.5. The monoisotopic (exact) mass is 347 g/mol. The van der Waals surface area contributed by atoms with Gasteiger partial charge in [0.15, 0.2) is 0 Å². The molecule has 2 N–H and O–H groups in total. The fourth-order valence-electron chi connectivity index (χ4n) is 3.39. The van der Waals surface area contributed by atoms with Crippen molar-refractivity contribution < 1.29 is 19.4 Å². The molecule has 2 fully saturated rings. The van der Waals surface area contributed by atoms with E-state index in [0.717, 1.165) is 45.0 Å². The van der Waals surface area contributed by atoms with Crippen LogP contribution in [0.25, 0.3) is 0 Å². The topological polar surface area (TPSA) is 82.1 Å². The summed E-state index contributed by atoms with van der Waals surface area (Å²) in [6.45, 7) is 5.10. The number of rotatable bonds is 6. The van der Waals surface area contributed by atoms with Gasteiger partial charge in [-0.25, -0.2) is 0 Å². The minimum atomic E-state index is -0.849. The van der Waals surface area contributed by atoms with Crippen LogP contribution in [0.5, 0.6) is 0 Å². The van der Waals surface area contributed by atoms with Crippen LogP contribution in [0.3, 0.4) is 0 Å². The minimum Gasteiger partial charge on any atom is -0.480 e. The second-order valence-corrected chi connectivity index (χ2v) is 6.60. The number of nitrogens with zero attached hydrogens (tertiary/aromatic N) is 2. The number of hydrogen-bond donors (Lipinski definition) is 2. The van der Waals surface area contributed by atoms with Gasteiger partial charge in [0.05, 0.1) is 19.8 Å². The van der Waals surface area contributed by atoms with Crippen LogP contribution < -0.4 is 5.32 Å². The Morgan fingerprint density at radius 2 is 1.88 bits per heavy atom. The molecule has 0 bridgehead atoms. The number of amides is 1. The molecule has 1 aromatic carbocycles. The molecular weight excluding hydrogens is 322 g/mol. The van der Waals surface area contributed by atoms with Crippen molar-refractivity contribution in [2.75, 3.05) is 44.7 Å². The van der Waals surface area contributed by atoms with Crippen LogP contribution in [-0.4, -0.2) is 72.2 Å². The zero-order valence-electron chi connectivity index (χ0n) is 14.3. The van der Waals surface area contributed by atoms with E-state index in [4.69, 9.17) is 9.84 Å². The Labute approximate surface area is 147 Å². The Balaban J connectivity index is 1.49. The molecule has 0 spiro atoms. The number of carboxylic acids is 1. The standard InChI is InChI=1S/C18H25N3O4/c22-17(13-21-7-1-2-16(21)18(23)24)19-15-5-3-14(4-6-15)12-20-8-10-25-11-9-20/h3-6,16H,1-2,7-13H2,(H,19,22)(H,23,24). The lowest BCUT2D eigenvalue weighted by Gasteiger charge is -2.26. The Hall–Kier alpha value is -1.96. The molecule has 7 heteroatoms. The maximum Gasteiger partial charge on any atom is 0.320 e. The maximum absolute atomic E-state index is 12.2. The van der Waals surface area contributed by atoms with Crippen molar-refractivity contribution in [2.24, 2.45) is 0 Å². The summed E-state index contributed by atoms with van der Waals surface area (Å²) in [4.78, 5) is 27.4. The van der Waals surface area contributed by atoms with Gasteiger partial charge in [-0.3, -0.25) is 19.4 Å². The van der Waals surface area contributed by atoms with Crippen molar-refractivity contribution >= 4 is 17.6 Å². The second-order valence-electron chi connectivity index (χ2n) is 6.60. The molecule has 2 aliphatic rings. The van der Waals surface area contributed by atoms with Crippen molar-refractivity contribution in [1.29, 1.82) is 0 Å². The van der Waals surface area contributed by atoms with Gasteiger partial charge < -0.3 is 15.2 Å². The van der Waals surface area contributed by atoms with E-state index in [2.05, 4.69) is 10.2 Å². The van der Waals surface area contributed by atoms with Gasteiger partial charge in [-0.2, -0.15) is 0 Å². The van der Waals surface area contributed by atoms with Crippen LogP contribution in [0.4, 0.5) is 5.69 Å². The minimum absolute atomic E-state index is 0.118. The van der Waals surface area contributed by atoms with E-state index in [1.165, 1.54) is 5.56 Å². The molecular formula is C18H25N3O4. The molecule has 1 atom stereocenters. The smallest absolute Gasteiger partial charge is 0.320 e.